The predicted molar refractivity (Wildman–Crippen MR) is 109 cm³/mol. The van der Waals surface area contributed by atoms with Gasteiger partial charge in [-0.2, -0.15) is 0 Å². The van der Waals surface area contributed by atoms with E-state index in [2.05, 4.69) is 22.3 Å². The first kappa shape index (κ1) is 17.9. The van der Waals surface area contributed by atoms with Gasteiger partial charge in [-0.15, -0.1) is 0 Å². The molecule has 5 nitrogen and oxygen atoms in total. The molecular weight excluding hydrogens is 360 g/mol. The molecule has 0 amide bonds. The Balaban J connectivity index is 1.30. The van der Waals surface area contributed by atoms with Crippen LogP contribution in [0, 0.1) is 0 Å². The second kappa shape index (κ2) is 8.05. The summed E-state index contributed by atoms with van der Waals surface area (Å²) in [6, 6.07) is 14.3. The van der Waals surface area contributed by atoms with Crippen molar-refractivity contribution in [3.05, 3.63) is 53.6 Å². The fourth-order valence-electron chi connectivity index (χ4n) is 3.74. The number of hydrogen-bond donors (Lipinski definition) is 1. The molecule has 142 valence electrons. The normalized spacial score (nSPS) is 16.3. The molecule has 1 fully saturated rings. The monoisotopic (exact) mass is 384 g/mol. The lowest BCUT2D eigenvalue weighted by molar-refractivity contribution is 0.174. The van der Waals surface area contributed by atoms with Gasteiger partial charge in [0.2, 0.25) is 6.79 Å². The van der Waals surface area contributed by atoms with Crippen LogP contribution in [-0.2, 0) is 6.54 Å². The van der Waals surface area contributed by atoms with Crippen molar-refractivity contribution in [3.63, 3.8) is 0 Å². The van der Waals surface area contributed by atoms with Gasteiger partial charge in [0.25, 0.3) is 0 Å². The van der Waals surface area contributed by atoms with Crippen molar-refractivity contribution in [2.45, 2.75) is 25.3 Å². The maximum Gasteiger partial charge on any atom is 0.231 e. The molecule has 0 aliphatic carbocycles. The average Bonchev–Trinajstić information content (AvgIpc) is 3.20. The molecule has 2 aromatic carbocycles. The van der Waals surface area contributed by atoms with E-state index in [1.54, 1.807) is 7.11 Å². The smallest absolute Gasteiger partial charge is 0.231 e. The van der Waals surface area contributed by atoms with Gasteiger partial charge in [0, 0.05) is 19.6 Å². The Morgan fingerprint density at radius 2 is 1.93 bits per heavy atom. The number of thiocarbonyl (C=S) groups is 1. The summed E-state index contributed by atoms with van der Waals surface area (Å²) in [5, 5.41) is 4.18. The molecule has 2 aliphatic heterocycles. The quantitative estimate of drug-likeness (QED) is 0.812. The average molecular weight is 385 g/mol. The number of methoxy groups -OCH3 is 1. The van der Waals surface area contributed by atoms with Gasteiger partial charge >= 0.3 is 0 Å². The molecule has 0 aromatic heterocycles. The summed E-state index contributed by atoms with van der Waals surface area (Å²) >= 11 is 5.61. The fourth-order valence-corrected chi connectivity index (χ4v) is 3.99. The Hall–Kier alpha value is -2.47. The van der Waals surface area contributed by atoms with Crippen LogP contribution in [0.2, 0.25) is 0 Å². The van der Waals surface area contributed by atoms with Gasteiger partial charge in [0.05, 0.1) is 7.11 Å². The minimum atomic E-state index is 0.297. The van der Waals surface area contributed by atoms with Gasteiger partial charge in [-0.3, -0.25) is 0 Å². The molecule has 0 radical (unpaired) electrons. The van der Waals surface area contributed by atoms with Crippen LogP contribution >= 0.6 is 12.2 Å². The standard InChI is InChI=1S/C21H24N2O3S/c1-24-18-5-3-2-4-17(18)16-8-10-23(11-9-16)21(27)22-13-15-6-7-19-20(12-15)26-14-25-19/h2-7,12,16H,8-11,13-14H2,1H3,(H,22,27). The van der Waals surface area contributed by atoms with Crippen molar-refractivity contribution in [2.75, 3.05) is 27.0 Å². The van der Waals surface area contributed by atoms with E-state index >= 15 is 0 Å². The molecule has 27 heavy (non-hydrogen) atoms. The lowest BCUT2D eigenvalue weighted by Gasteiger charge is -2.34. The summed E-state index contributed by atoms with van der Waals surface area (Å²) in [5.41, 5.74) is 2.43. The van der Waals surface area contributed by atoms with Crippen molar-refractivity contribution < 1.29 is 14.2 Å². The van der Waals surface area contributed by atoms with E-state index < -0.39 is 0 Å². The molecule has 1 N–H and O–H groups in total. The lowest BCUT2D eigenvalue weighted by atomic mass is 9.89. The Morgan fingerprint density at radius 3 is 2.74 bits per heavy atom. The number of nitrogens with one attached hydrogen (secondary N) is 1. The molecule has 0 atom stereocenters. The van der Waals surface area contributed by atoms with Crippen LogP contribution in [0.3, 0.4) is 0 Å². The minimum absolute atomic E-state index is 0.297. The van der Waals surface area contributed by atoms with Gasteiger partial charge < -0.3 is 24.4 Å². The summed E-state index contributed by atoms with van der Waals surface area (Å²) < 4.78 is 16.3. The van der Waals surface area contributed by atoms with Gasteiger partial charge in [0.15, 0.2) is 16.6 Å². The largest absolute Gasteiger partial charge is 0.496 e. The number of ether oxygens (including phenoxy) is 3. The highest BCUT2D eigenvalue weighted by atomic mass is 32.1. The fraction of sp³-hybridized carbons (Fsp3) is 0.381. The Bertz CT molecular complexity index is 819. The Kier molecular flexibility index (Phi) is 5.34. The third-order valence-corrected chi connectivity index (χ3v) is 5.64. The number of fused-ring (bicyclic) bond motifs is 1. The number of likely N-dealkylation sites (tertiary alicyclic amines) is 1. The molecule has 4 rings (SSSR count). The molecule has 2 aromatic rings. The van der Waals surface area contributed by atoms with Crippen LogP contribution in [0.15, 0.2) is 42.5 Å². The van der Waals surface area contributed by atoms with Gasteiger partial charge in [-0.05, 0) is 60.3 Å². The third-order valence-electron chi connectivity index (χ3n) is 5.24. The van der Waals surface area contributed by atoms with E-state index in [4.69, 9.17) is 26.4 Å². The topological polar surface area (TPSA) is 43.0 Å². The van der Waals surface area contributed by atoms with E-state index in [0.29, 0.717) is 19.3 Å². The highest BCUT2D eigenvalue weighted by molar-refractivity contribution is 7.80. The van der Waals surface area contributed by atoms with Crippen molar-refractivity contribution in [3.8, 4) is 17.2 Å². The number of benzene rings is 2. The second-order valence-corrected chi connectivity index (χ2v) is 7.24. The van der Waals surface area contributed by atoms with Crippen LogP contribution in [-0.4, -0.2) is 37.0 Å². The van der Waals surface area contributed by atoms with E-state index in [-0.39, 0.29) is 0 Å². The first-order valence-electron chi connectivity index (χ1n) is 9.29. The third kappa shape index (κ3) is 3.95. The zero-order valence-corrected chi connectivity index (χ0v) is 16.3. The number of para-hydroxylation sites is 1. The summed E-state index contributed by atoms with van der Waals surface area (Å²) in [7, 11) is 1.74. The summed E-state index contributed by atoms with van der Waals surface area (Å²) in [6.45, 7) is 2.89. The van der Waals surface area contributed by atoms with Crippen molar-refractivity contribution in [2.24, 2.45) is 0 Å². The number of hydrogen-bond acceptors (Lipinski definition) is 4. The first-order valence-corrected chi connectivity index (χ1v) is 9.69. The Labute approximate surface area is 165 Å². The highest BCUT2D eigenvalue weighted by Gasteiger charge is 2.24. The van der Waals surface area contributed by atoms with Crippen molar-refractivity contribution in [1.29, 1.82) is 0 Å². The van der Waals surface area contributed by atoms with Crippen LogP contribution in [0.25, 0.3) is 0 Å². The molecule has 2 aliphatic rings. The van der Waals surface area contributed by atoms with E-state index in [9.17, 15) is 0 Å². The molecular formula is C21H24N2O3S. The molecule has 6 heteroatoms. The molecule has 0 unspecified atom stereocenters. The van der Waals surface area contributed by atoms with E-state index in [1.807, 2.05) is 30.3 Å². The van der Waals surface area contributed by atoms with E-state index in [0.717, 1.165) is 53.9 Å². The molecule has 0 saturated carbocycles. The van der Waals surface area contributed by atoms with E-state index in [1.165, 1.54) is 5.56 Å². The molecule has 0 bridgehead atoms. The number of rotatable bonds is 4. The summed E-state index contributed by atoms with van der Waals surface area (Å²) in [6.07, 6.45) is 2.15. The van der Waals surface area contributed by atoms with Crippen LogP contribution in [0.1, 0.15) is 29.9 Å². The maximum atomic E-state index is 5.61. The first-order chi connectivity index (χ1) is 13.2. The summed E-state index contributed by atoms with van der Waals surface area (Å²) in [5.74, 6) is 3.12. The van der Waals surface area contributed by atoms with Gasteiger partial charge in [-0.25, -0.2) is 0 Å². The van der Waals surface area contributed by atoms with Crippen molar-refractivity contribution >= 4 is 17.3 Å². The van der Waals surface area contributed by atoms with Gasteiger partial charge in [-0.1, -0.05) is 24.3 Å². The van der Waals surface area contributed by atoms with Crippen LogP contribution in [0.4, 0.5) is 0 Å². The SMILES string of the molecule is COc1ccccc1C1CCN(C(=S)NCc2ccc3c(c2)OCO3)CC1. The van der Waals surface area contributed by atoms with Crippen LogP contribution < -0.4 is 19.5 Å². The maximum absolute atomic E-state index is 5.61. The van der Waals surface area contributed by atoms with Crippen LogP contribution in [0.5, 0.6) is 17.2 Å². The number of nitrogens with zero attached hydrogens (tertiary/aromatic N) is 1. The Morgan fingerprint density at radius 1 is 1.15 bits per heavy atom. The zero-order chi connectivity index (χ0) is 18.6. The summed E-state index contributed by atoms with van der Waals surface area (Å²) in [4.78, 5) is 2.26. The lowest BCUT2D eigenvalue weighted by Crippen LogP contribution is -2.43. The second-order valence-electron chi connectivity index (χ2n) is 6.85. The molecule has 2 heterocycles. The van der Waals surface area contributed by atoms with Crippen molar-refractivity contribution in [1.82, 2.24) is 10.2 Å². The highest BCUT2D eigenvalue weighted by Crippen LogP contribution is 2.34. The zero-order valence-electron chi connectivity index (χ0n) is 15.4. The molecule has 1 saturated heterocycles. The predicted octanol–water partition coefficient (Wildman–Crippen LogP) is 3.68. The van der Waals surface area contributed by atoms with Gasteiger partial charge in [0.1, 0.15) is 5.75 Å². The molecule has 0 spiro atoms. The number of piperidine rings is 1. The minimum Gasteiger partial charge on any atom is -0.496 e.